The lowest BCUT2D eigenvalue weighted by atomic mass is 10.1. The molecule has 9 heteroatoms. The molecule has 5 rings (SSSR count). The summed E-state index contributed by atoms with van der Waals surface area (Å²) < 4.78 is 16.0. The molecule has 1 unspecified atom stereocenters. The van der Waals surface area contributed by atoms with Crippen molar-refractivity contribution in [1.82, 2.24) is 9.80 Å². The largest absolute Gasteiger partial charge is 0.336 e. The summed E-state index contributed by atoms with van der Waals surface area (Å²) in [6.07, 6.45) is 3.68. The van der Waals surface area contributed by atoms with Gasteiger partial charge >= 0.3 is 0 Å². The van der Waals surface area contributed by atoms with Crippen molar-refractivity contribution in [3.8, 4) is 0 Å². The number of fused-ring (bicyclic) bond motifs is 1. The Bertz CT molecular complexity index is 1320. The van der Waals surface area contributed by atoms with Crippen molar-refractivity contribution >= 4 is 57.7 Å². The Morgan fingerprint density at radius 2 is 1.78 bits per heavy atom. The van der Waals surface area contributed by atoms with Crippen molar-refractivity contribution in [2.24, 2.45) is 4.99 Å². The van der Waals surface area contributed by atoms with Crippen LogP contribution in [0.4, 0.5) is 11.4 Å². The highest BCUT2D eigenvalue weighted by Crippen LogP contribution is 2.31. The fourth-order valence-corrected chi connectivity index (χ4v) is 5.96. The molecule has 1 amide bonds. The summed E-state index contributed by atoms with van der Waals surface area (Å²) in [7, 11) is -1.45. The van der Waals surface area contributed by atoms with Gasteiger partial charge in [0.05, 0.1) is 10.6 Å². The van der Waals surface area contributed by atoms with Crippen LogP contribution >= 0.6 is 23.2 Å². The lowest BCUT2D eigenvalue weighted by molar-refractivity contribution is 0.0628. The van der Waals surface area contributed by atoms with Crippen molar-refractivity contribution in [2.75, 3.05) is 30.9 Å². The maximum Gasteiger partial charge on any atom is 0.253 e. The number of nitrogens with zero attached hydrogens (tertiary/aromatic N) is 3. The Balaban J connectivity index is 1.17. The molecule has 1 saturated heterocycles. The number of nitrogens with one attached hydrogen (secondary N) is 1. The topological polar surface area (TPSA) is 65.0 Å². The van der Waals surface area contributed by atoms with Gasteiger partial charge < -0.3 is 9.62 Å². The average Bonchev–Trinajstić information content (AvgIpc) is 2.90. The summed E-state index contributed by atoms with van der Waals surface area (Å²) in [5.74, 6) is -0.00156. The van der Waals surface area contributed by atoms with Crippen LogP contribution in [-0.2, 0) is 24.0 Å². The van der Waals surface area contributed by atoms with E-state index in [0.717, 1.165) is 49.3 Å². The minimum absolute atomic E-state index is 0.00156. The van der Waals surface area contributed by atoms with Crippen LogP contribution in [-0.4, -0.2) is 52.3 Å². The molecular weight excluding hydrogens is 515 g/mol. The summed E-state index contributed by atoms with van der Waals surface area (Å²) in [6.45, 7) is 3.56. The van der Waals surface area contributed by atoms with Crippen LogP contribution in [0.2, 0.25) is 10.0 Å². The van der Waals surface area contributed by atoms with Crippen LogP contribution in [0.1, 0.15) is 27.9 Å². The maximum atomic E-state index is 13.0. The Morgan fingerprint density at radius 1 is 1.00 bits per heavy atom. The number of halogens is 2. The number of anilines is 1. The molecule has 0 radical (unpaired) electrons. The number of aliphatic imine (C=N–C) groups is 1. The molecule has 1 atom stereocenters. The van der Waals surface area contributed by atoms with E-state index in [2.05, 4.69) is 14.6 Å². The molecule has 36 heavy (non-hydrogen) atoms. The van der Waals surface area contributed by atoms with Crippen LogP contribution < -0.4 is 4.72 Å². The average molecular weight is 542 g/mol. The number of piperazine rings is 1. The van der Waals surface area contributed by atoms with Gasteiger partial charge in [-0.05, 0) is 66.4 Å². The third-order valence-corrected chi connectivity index (χ3v) is 8.19. The van der Waals surface area contributed by atoms with Crippen molar-refractivity contribution in [2.45, 2.75) is 24.3 Å². The molecule has 0 spiro atoms. The third kappa shape index (κ3) is 5.65. The van der Waals surface area contributed by atoms with Gasteiger partial charge in [0.2, 0.25) is 0 Å². The lowest BCUT2D eigenvalue weighted by Gasteiger charge is -2.35. The lowest BCUT2D eigenvalue weighted by Crippen LogP contribution is -2.48. The zero-order valence-electron chi connectivity index (χ0n) is 19.6. The van der Waals surface area contributed by atoms with Crippen molar-refractivity contribution < 1.29 is 9.00 Å². The molecule has 3 aromatic carbocycles. The highest BCUT2D eigenvalue weighted by Gasteiger charge is 2.23. The zero-order chi connectivity index (χ0) is 25.1. The van der Waals surface area contributed by atoms with Crippen molar-refractivity contribution in [1.29, 1.82) is 0 Å². The predicted octanol–water partition coefficient (Wildman–Crippen LogP) is 5.73. The van der Waals surface area contributed by atoms with E-state index in [1.54, 1.807) is 30.3 Å². The van der Waals surface area contributed by atoms with E-state index in [1.165, 1.54) is 0 Å². The van der Waals surface area contributed by atoms with Gasteiger partial charge in [0.25, 0.3) is 5.91 Å². The molecule has 2 aliphatic heterocycles. The van der Waals surface area contributed by atoms with Gasteiger partial charge in [-0.15, -0.1) is 0 Å². The minimum atomic E-state index is -1.45. The van der Waals surface area contributed by atoms with Crippen LogP contribution in [0.3, 0.4) is 0 Å². The molecule has 0 bridgehead atoms. The van der Waals surface area contributed by atoms with Gasteiger partial charge in [-0.3, -0.25) is 14.7 Å². The van der Waals surface area contributed by atoms with E-state index >= 15 is 0 Å². The van der Waals surface area contributed by atoms with Gasteiger partial charge in [0.15, 0.2) is 11.0 Å². The van der Waals surface area contributed by atoms with Crippen LogP contribution in [0.25, 0.3) is 0 Å². The first kappa shape index (κ1) is 25.0. The molecule has 6 nitrogen and oxygen atoms in total. The van der Waals surface area contributed by atoms with E-state index in [4.69, 9.17) is 23.2 Å². The normalized spacial score (nSPS) is 16.4. The summed E-state index contributed by atoms with van der Waals surface area (Å²) in [5, 5.41) is 1.29. The first-order valence-electron chi connectivity index (χ1n) is 11.9. The highest BCUT2D eigenvalue weighted by atomic mass is 35.5. The van der Waals surface area contributed by atoms with Gasteiger partial charge in [0.1, 0.15) is 0 Å². The Hall–Kier alpha value is -2.71. The molecule has 186 valence electrons. The number of amides is 1. The van der Waals surface area contributed by atoms with E-state index in [9.17, 15) is 9.00 Å². The van der Waals surface area contributed by atoms with Crippen molar-refractivity contribution in [3.05, 3.63) is 87.4 Å². The second-order valence-corrected chi connectivity index (χ2v) is 10.9. The standard InChI is InChI=1S/C27H26Cl2N4O2S/c28-22-9-6-21(24(29)17-22)18-32-13-15-33(16-14-32)27(34)20-7-10-23(11-8-20)31-36(35)25-5-1-3-19-4-2-12-30-26(19)25/h1,3,5-12,17,31H,2,4,13-16,18H2. The molecule has 0 aromatic heterocycles. The second-order valence-electron chi connectivity index (χ2n) is 8.87. The Kier molecular flexibility index (Phi) is 7.72. The molecule has 2 heterocycles. The molecule has 0 aliphatic carbocycles. The number of carbonyl (C=O) groups is 1. The van der Waals surface area contributed by atoms with E-state index in [0.29, 0.717) is 39.3 Å². The molecule has 3 aromatic rings. The minimum Gasteiger partial charge on any atom is -0.336 e. The van der Waals surface area contributed by atoms with Crippen LogP contribution in [0, 0.1) is 0 Å². The van der Waals surface area contributed by atoms with Crippen molar-refractivity contribution in [3.63, 3.8) is 0 Å². The van der Waals surface area contributed by atoms with E-state index < -0.39 is 11.0 Å². The van der Waals surface area contributed by atoms with Gasteiger partial charge in [-0.2, -0.15) is 0 Å². The van der Waals surface area contributed by atoms with Gasteiger partial charge in [-0.1, -0.05) is 41.4 Å². The number of hydrogen-bond donors (Lipinski definition) is 1. The molecular formula is C27H26Cl2N4O2S. The summed E-state index contributed by atoms with van der Waals surface area (Å²) >= 11 is 12.3. The predicted molar refractivity (Wildman–Crippen MR) is 147 cm³/mol. The fraction of sp³-hybridized carbons (Fsp3) is 0.259. The number of hydrogen-bond acceptors (Lipinski definition) is 4. The van der Waals surface area contributed by atoms with E-state index in [-0.39, 0.29) is 5.91 Å². The Labute approximate surface area is 223 Å². The number of benzene rings is 3. The SMILES string of the molecule is O=C(c1ccc(NS(=O)c2cccc3c2N=CCC3)cc1)N1CCN(Cc2ccc(Cl)cc2Cl)CC1. The van der Waals surface area contributed by atoms with Gasteiger partial charge in [-0.25, -0.2) is 4.21 Å². The fourth-order valence-electron chi connectivity index (χ4n) is 4.47. The highest BCUT2D eigenvalue weighted by molar-refractivity contribution is 7.86. The first-order chi connectivity index (χ1) is 17.5. The number of rotatable bonds is 6. The number of para-hydroxylation sites is 1. The Morgan fingerprint density at radius 3 is 2.53 bits per heavy atom. The summed E-state index contributed by atoms with van der Waals surface area (Å²) in [5.41, 5.74) is 4.24. The first-order valence-corrected chi connectivity index (χ1v) is 13.8. The monoisotopic (exact) mass is 540 g/mol. The molecule has 2 aliphatic rings. The molecule has 1 N–H and O–H groups in total. The maximum absolute atomic E-state index is 13.0. The second kappa shape index (κ2) is 11.1. The number of aryl methyl sites for hydroxylation is 1. The smallest absolute Gasteiger partial charge is 0.253 e. The quantitative estimate of drug-likeness (QED) is 0.433. The molecule has 1 fully saturated rings. The summed E-state index contributed by atoms with van der Waals surface area (Å²) in [4.78, 5) is 22.3. The van der Waals surface area contributed by atoms with Crippen LogP contribution in [0.15, 0.2) is 70.6 Å². The van der Waals surface area contributed by atoms with E-state index in [1.807, 2.05) is 41.4 Å². The third-order valence-electron chi connectivity index (χ3n) is 6.46. The summed E-state index contributed by atoms with van der Waals surface area (Å²) in [6, 6.07) is 18.5. The zero-order valence-corrected chi connectivity index (χ0v) is 22.0. The van der Waals surface area contributed by atoms with Gasteiger partial charge in [0, 0.05) is 60.2 Å². The van der Waals surface area contributed by atoms with Crippen LogP contribution in [0.5, 0.6) is 0 Å². The number of carbonyl (C=O) groups excluding carboxylic acids is 1. The molecule has 0 saturated carbocycles.